The van der Waals surface area contributed by atoms with E-state index in [4.69, 9.17) is 16.7 Å². The van der Waals surface area contributed by atoms with Crippen LogP contribution in [0.2, 0.25) is 5.02 Å². The minimum Gasteiger partial charge on any atom is -0.481 e. The third-order valence-electron chi connectivity index (χ3n) is 2.12. The topological polar surface area (TPSA) is 49.3 Å². The van der Waals surface area contributed by atoms with Crippen LogP contribution in [0.5, 0.6) is 0 Å². The van der Waals surface area contributed by atoms with Gasteiger partial charge in [-0.2, -0.15) is 0 Å². The molecule has 1 unspecified atom stereocenters. The highest BCUT2D eigenvalue weighted by Crippen LogP contribution is 2.23. The molecule has 1 rings (SSSR count). The van der Waals surface area contributed by atoms with Crippen LogP contribution >= 0.6 is 11.6 Å². The maximum atomic E-state index is 12.9. The van der Waals surface area contributed by atoms with E-state index in [0.29, 0.717) is 17.1 Å². The van der Waals surface area contributed by atoms with Gasteiger partial charge in [0.15, 0.2) is 0 Å². The summed E-state index contributed by atoms with van der Waals surface area (Å²) in [5.74, 6) is -1.23. The van der Waals surface area contributed by atoms with Crippen LogP contribution in [0.1, 0.15) is 19.8 Å². The summed E-state index contributed by atoms with van der Waals surface area (Å²) in [6.07, 6.45) is 0.531. The summed E-state index contributed by atoms with van der Waals surface area (Å²) in [5, 5.41) is 11.9. The van der Waals surface area contributed by atoms with Gasteiger partial charge in [0.2, 0.25) is 0 Å². The Morgan fingerprint density at radius 2 is 2.31 bits per heavy atom. The quantitative estimate of drug-likeness (QED) is 0.838. The second kappa shape index (κ2) is 5.70. The average Bonchev–Trinajstić information content (AvgIpc) is 2.20. The number of carboxylic acids is 1. The summed E-state index contributed by atoms with van der Waals surface area (Å²) >= 11 is 5.86. The lowest BCUT2D eigenvalue weighted by atomic mass is 10.1. The predicted octanol–water partition coefficient (Wildman–Crippen LogP) is 3.14. The number of benzene rings is 1. The number of nitrogens with one attached hydrogen (secondary N) is 1. The van der Waals surface area contributed by atoms with Gasteiger partial charge in [-0.1, -0.05) is 11.6 Å². The minimum atomic E-state index is -0.848. The fraction of sp³-hybridized carbons (Fsp3) is 0.364. The molecule has 1 aromatic carbocycles. The molecule has 0 aliphatic heterocycles. The number of carboxylic acid groups (broad SMARTS) is 1. The van der Waals surface area contributed by atoms with E-state index in [1.54, 1.807) is 0 Å². The molecule has 0 saturated carbocycles. The van der Waals surface area contributed by atoms with Crippen LogP contribution < -0.4 is 5.32 Å². The molecule has 0 aliphatic carbocycles. The Bertz CT molecular complexity index is 384. The van der Waals surface area contributed by atoms with Crippen molar-refractivity contribution in [1.29, 1.82) is 0 Å². The van der Waals surface area contributed by atoms with Gasteiger partial charge in [0.1, 0.15) is 5.82 Å². The van der Waals surface area contributed by atoms with Crippen molar-refractivity contribution in [2.45, 2.75) is 25.8 Å². The van der Waals surface area contributed by atoms with Crippen molar-refractivity contribution in [3.05, 3.63) is 29.0 Å². The van der Waals surface area contributed by atoms with Gasteiger partial charge in [0.25, 0.3) is 0 Å². The smallest absolute Gasteiger partial charge is 0.303 e. The molecule has 0 saturated heterocycles. The van der Waals surface area contributed by atoms with Gasteiger partial charge in [0, 0.05) is 12.5 Å². The van der Waals surface area contributed by atoms with Crippen molar-refractivity contribution < 1.29 is 14.3 Å². The van der Waals surface area contributed by atoms with Gasteiger partial charge in [-0.3, -0.25) is 4.79 Å². The zero-order chi connectivity index (χ0) is 12.1. The van der Waals surface area contributed by atoms with Crippen LogP contribution in [-0.4, -0.2) is 17.1 Å². The van der Waals surface area contributed by atoms with Crippen molar-refractivity contribution in [1.82, 2.24) is 0 Å². The number of hydrogen-bond donors (Lipinski definition) is 2. The molecular formula is C11H13ClFNO2. The first kappa shape index (κ1) is 12.8. The number of hydrogen-bond acceptors (Lipinski definition) is 2. The lowest BCUT2D eigenvalue weighted by Gasteiger charge is -2.15. The zero-order valence-corrected chi connectivity index (χ0v) is 9.59. The second-order valence-electron chi connectivity index (χ2n) is 3.60. The highest BCUT2D eigenvalue weighted by atomic mass is 35.5. The van der Waals surface area contributed by atoms with Gasteiger partial charge in [-0.25, -0.2) is 4.39 Å². The van der Waals surface area contributed by atoms with E-state index >= 15 is 0 Å². The standard InChI is InChI=1S/C11H13ClFNO2/c1-7(2-5-11(15)16)14-10-6-8(13)3-4-9(10)12/h3-4,6-7,14H,2,5H2,1H3,(H,15,16). The summed E-state index contributed by atoms with van der Waals surface area (Å²) in [4.78, 5) is 10.4. The lowest BCUT2D eigenvalue weighted by molar-refractivity contribution is -0.137. The molecule has 0 amide bonds. The lowest BCUT2D eigenvalue weighted by Crippen LogP contribution is -2.16. The van der Waals surface area contributed by atoms with Gasteiger partial charge in [0.05, 0.1) is 10.7 Å². The normalized spacial score (nSPS) is 12.2. The van der Waals surface area contributed by atoms with Crippen LogP contribution in [-0.2, 0) is 4.79 Å². The van der Waals surface area contributed by atoms with Crippen LogP contribution in [0.15, 0.2) is 18.2 Å². The molecule has 0 aliphatic rings. The summed E-state index contributed by atoms with van der Waals surface area (Å²) in [5.41, 5.74) is 0.486. The Labute approximate surface area is 98.2 Å². The van der Waals surface area contributed by atoms with Crippen LogP contribution in [0.3, 0.4) is 0 Å². The number of halogens is 2. The Morgan fingerprint density at radius 3 is 2.94 bits per heavy atom. The molecule has 0 radical (unpaired) electrons. The molecule has 5 heteroatoms. The third-order valence-corrected chi connectivity index (χ3v) is 2.45. The van der Waals surface area contributed by atoms with E-state index in [9.17, 15) is 9.18 Å². The molecule has 88 valence electrons. The van der Waals surface area contributed by atoms with Crippen molar-refractivity contribution in [3.63, 3.8) is 0 Å². The molecule has 0 bridgehead atoms. The molecular weight excluding hydrogens is 233 g/mol. The Hall–Kier alpha value is -1.29. The first-order valence-corrected chi connectivity index (χ1v) is 5.30. The van der Waals surface area contributed by atoms with Crippen molar-refractivity contribution >= 4 is 23.3 Å². The molecule has 0 aromatic heterocycles. The highest BCUT2D eigenvalue weighted by molar-refractivity contribution is 6.33. The monoisotopic (exact) mass is 245 g/mol. The number of carbonyl (C=O) groups is 1. The first-order valence-electron chi connectivity index (χ1n) is 4.92. The molecule has 1 aromatic rings. The van der Waals surface area contributed by atoms with Crippen molar-refractivity contribution in [2.24, 2.45) is 0 Å². The molecule has 0 heterocycles. The number of anilines is 1. The summed E-state index contributed by atoms with van der Waals surface area (Å²) < 4.78 is 12.9. The van der Waals surface area contributed by atoms with Gasteiger partial charge >= 0.3 is 5.97 Å². The SMILES string of the molecule is CC(CCC(=O)O)Nc1cc(F)ccc1Cl. The van der Waals surface area contributed by atoms with Gasteiger partial charge < -0.3 is 10.4 Å². The molecule has 3 nitrogen and oxygen atoms in total. The van der Waals surface area contributed by atoms with E-state index in [2.05, 4.69) is 5.32 Å². The van der Waals surface area contributed by atoms with Crippen LogP contribution in [0, 0.1) is 5.82 Å². The Kier molecular flexibility index (Phi) is 4.55. The van der Waals surface area contributed by atoms with E-state index in [0.717, 1.165) is 0 Å². The predicted molar refractivity (Wildman–Crippen MR) is 61.4 cm³/mol. The fourth-order valence-corrected chi connectivity index (χ4v) is 1.46. The Balaban J connectivity index is 2.58. The van der Waals surface area contributed by atoms with E-state index < -0.39 is 5.97 Å². The highest BCUT2D eigenvalue weighted by Gasteiger charge is 2.08. The third kappa shape index (κ3) is 4.06. The first-order chi connectivity index (χ1) is 7.49. The Morgan fingerprint density at radius 1 is 1.62 bits per heavy atom. The average molecular weight is 246 g/mol. The second-order valence-corrected chi connectivity index (χ2v) is 4.01. The van der Waals surface area contributed by atoms with Gasteiger partial charge in [-0.05, 0) is 31.5 Å². The van der Waals surface area contributed by atoms with Crippen molar-refractivity contribution in [2.75, 3.05) is 5.32 Å². The number of aliphatic carboxylic acids is 1. The van der Waals surface area contributed by atoms with E-state index in [-0.39, 0.29) is 18.3 Å². The maximum Gasteiger partial charge on any atom is 0.303 e. The number of rotatable bonds is 5. The van der Waals surface area contributed by atoms with Gasteiger partial charge in [-0.15, -0.1) is 0 Å². The van der Waals surface area contributed by atoms with E-state index in [1.807, 2.05) is 6.92 Å². The largest absolute Gasteiger partial charge is 0.481 e. The van der Waals surface area contributed by atoms with Crippen molar-refractivity contribution in [3.8, 4) is 0 Å². The summed E-state index contributed by atoms with van der Waals surface area (Å²) in [6, 6.07) is 3.95. The van der Waals surface area contributed by atoms with E-state index in [1.165, 1.54) is 18.2 Å². The molecule has 16 heavy (non-hydrogen) atoms. The van der Waals surface area contributed by atoms with Crippen LogP contribution in [0.4, 0.5) is 10.1 Å². The molecule has 0 spiro atoms. The summed E-state index contributed by atoms with van der Waals surface area (Å²) in [7, 11) is 0. The molecule has 0 fully saturated rings. The molecule has 1 atom stereocenters. The minimum absolute atomic E-state index is 0.0705. The fourth-order valence-electron chi connectivity index (χ4n) is 1.29. The van der Waals surface area contributed by atoms with Crippen LogP contribution in [0.25, 0.3) is 0 Å². The summed E-state index contributed by atoms with van der Waals surface area (Å²) in [6.45, 7) is 1.82. The maximum absolute atomic E-state index is 12.9. The zero-order valence-electron chi connectivity index (χ0n) is 8.84. The molecule has 2 N–H and O–H groups in total.